The maximum absolute atomic E-state index is 12.3. The zero-order valence-electron chi connectivity index (χ0n) is 16.8. The van der Waals surface area contributed by atoms with Crippen LogP contribution in [0.5, 0.6) is 0 Å². The summed E-state index contributed by atoms with van der Waals surface area (Å²) in [7, 11) is 0. The third-order valence-corrected chi connectivity index (χ3v) is 5.97. The number of imidazole rings is 2. The summed E-state index contributed by atoms with van der Waals surface area (Å²) in [5.41, 5.74) is 4.25. The molecule has 2 aromatic heterocycles. The van der Waals surface area contributed by atoms with Crippen LogP contribution in [0.15, 0.2) is 53.7 Å². The quantitative estimate of drug-likeness (QED) is 0.354. The highest BCUT2D eigenvalue weighted by molar-refractivity contribution is 7.99. The summed E-state index contributed by atoms with van der Waals surface area (Å²) in [6.45, 7) is 6.44. The number of fused-ring (bicyclic) bond motifs is 2. The second-order valence-corrected chi connectivity index (χ2v) is 7.86. The van der Waals surface area contributed by atoms with Crippen LogP contribution < -0.4 is 5.32 Å². The molecule has 0 aliphatic rings. The van der Waals surface area contributed by atoms with Crippen LogP contribution in [0.3, 0.4) is 0 Å². The van der Waals surface area contributed by atoms with Crippen molar-refractivity contribution in [3.63, 3.8) is 0 Å². The van der Waals surface area contributed by atoms with Gasteiger partial charge in [0.15, 0.2) is 5.16 Å². The van der Waals surface area contributed by atoms with E-state index in [4.69, 9.17) is 0 Å². The minimum Gasteiger partial charge on any atom is -0.355 e. The lowest BCUT2D eigenvalue weighted by atomic mass is 10.3. The lowest BCUT2D eigenvalue weighted by Gasteiger charge is -2.09. The molecule has 0 spiro atoms. The third kappa shape index (κ3) is 4.15. The van der Waals surface area contributed by atoms with Gasteiger partial charge in [0.25, 0.3) is 0 Å². The first-order valence-electron chi connectivity index (χ1n) is 9.94. The standard InChI is InChI=1S/C22H25N5OS/c1-3-26-19-11-6-5-10-18(19)25-22(26)29-15-21(28)23-13-8-14-27-16(2)24-17-9-4-7-12-20(17)27/h4-7,9-12H,3,8,13-15H2,1-2H3,(H,23,28). The molecular weight excluding hydrogens is 382 g/mol. The van der Waals surface area contributed by atoms with Crippen LogP contribution in [0.4, 0.5) is 0 Å². The maximum atomic E-state index is 12.3. The van der Waals surface area contributed by atoms with Crippen LogP contribution in [0.2, 0.25) is 0 Å². The predicted molar refractivity (Wildman–Crippen MR) is 118 cm³/mol. The van der Waals surface area contributed by atoms with Gasteiger partial charge in [0, 0.05) is 19.6 Å². The Labute approximate surface area is 174 Å². The summed E-state index contributed by atoms with van der Waals surface area (Å²) in [4.78, 5) is 21.5. The van der Waals surface area contributed by atoms with E-state index in [0.717, 1.165) is 52.6 Å². The average molecular weight is 408 g/mol. The van der Waals surface area contributed by atoms with Crippen LogP contribution in [0, 0.1) is 6.92 Å². The van der Waals surface area contributed by atoms with Crippen molar-refractivity contribution in [2.24, 2.45) is 0 Å². The SMILES string of the molecule is CCn1c(SCC(=O)NCCCn2c(C)nc3ccccc32)nc2ccccc21. The van der Waals surface area contributed by atoms with Crippen molar-refractivity contribution in [3.8, 4) is 0 Å². The van der Waals surface area contributed by atoms with Crippen molar-refractivity contribution >= 4 is 39.7 Å². The fraction of sp³-hybridized carbons (Fsp3) is 0.318. The Bertz CT molecular complexity index is 1150. The van der Waals surface area contributed by atoms with E-state index in [-0.39, 0.29) is 5.91 Å². The molecule has 1 N–H and O–H groups in total. The molecule has 29 heavy (non-hydrogen) atoms. The molecule has 4 rings (SSSR count). The molecule has 0 unspecified atom stereocenters. The van der Waals surface area contributed by atoms with Crippen LogP contribution in [0.1, 0.15) is 19.2 Å². The number of rotatable bonds is 8. The molecular formula is C22H25N5OS. The van der Waals surface area contributed by atoms with Gasteiger partial charge in [-0.15, -0.1) is 0 Å². The highest BCUT2D eigenvalue weighted by Gasteiger charge is 2.12. The van der Waals surface area contributed by atoms with Crippen LogP contribution in [0.25, 0.3) is 22.1 Å². The first kappa shape index (κ1) is 19.5. The largest absolute Gasteiger partial charge is 0.355 e. The second kappa shape index (κ2) is 8.69. The van der Waals surface area contributed by atoms with Crippen LogP contribution in [-0.4, -0.2) is 37.3 Å². The fourth-order valence-electron chi connectivity index (χ4n) is 3.59. The number of nitrogens with one attached hydrogen (secondary N) is 1. The first-order valence-corrected chi connectivity index (χ1v) is 10.9. The summed E-state index contributed by atoms with van der Waals surface area (Å²) in [5.74, 6) is 1.42. The zero-order valence-corrected chi connectivity index (χ0v) is 17.6. The summed E-state index contributed by atoms with van der Waals surface area (Å²) in [6.07, 6.45) is 0.866. The molecule has 0 radical (unpaired) electrons. The van der Waals surface area contributed by atoms with E-state index < -0.39 is 0 Å². The summed E-state index contributed by atoms with van der Waals surface area (Å²) in [5, 5.41) is 3.92. The van der Waals surface area contributed by atoms with Crippen LogP contribution >= 0.6 is 11.8 Å². The van der Waals surface area contributed by atoms with Crippen molar-refractivity contribution in [2.45, 2.75) is 38.5 Å². The van der Waals surface area contributed by atoms with Gasteiger partial charge >= 0.3 is 0 Å². The molecule has 2 aromatic carbocycles. The van der Waals surface area contributed by atoms with E-state index in [0.29, 0.717) is 12.3 Å². The summed E-state index contributed by atoms with van der Waals surface area (Å²) >= 11 is 1.49. The van der Waals surface area contributed by atoms with Crippen molar-refractivity contribution in [1.29, 1.82) is 0 Å². The van der Waals surface area contributed by atoms with Gasteiger partial charge in [0.1, 0.15) is 5.82 Å². The number of hydrogen-bond acceptors (Lipinski definition) is 4. The minimum absolute atomic E-state index is 0.0388. The Morgan fingerprint density at radius 2 is 1.66 bits per heavy atom. The monoisotopic (exact) mass is 407 g/mol. The van der Waals surface area contributed by atoms with E-state index in [1.165, 1.54) is 11.8 Å². The normalized spacial score (nSPS) is 11.4. The Morgan fingerprint density at radius 3 is 2.38 bits per heavy atom. The first-order chi connectivity index (χ1) is 14.2. The fourth-order valence-corrected chi connectivity index (χ4v) is 4.50. The lowest BCUT2D eigenvalue weighted by molar-refractivity contribution is -0.118. The summed E-state index contributed by atoms with van der Waals surface area (Å²) < 4.78 is 4.36. The predicted octanol–water partition coefficient (Wildman–Crippen LogP) is 4.01. The number of carbonyl (C=O) groups excluding carboxylic acids is 1. The Hall–Kier alpha value is -2.80. The van der Waals surface area contributed by atoms with Crippen molar-refractivity contribution in [2.75, 3.05) is 12.3 Å². The van der Waals surface area contributed by atoms with E-state index in [1.807, 2.05) is 43.3 Å². The van der Waals surface area contributed by atoms with E-state index in [1.54, 1.807) is 0 Å². The van der Waals surface area contributed by atoms with Crippen molar-refractivity contribution in [1.82, 2.24) is 24.4 Å². The van der Waals surface area contributed by atoms with E-state index in [9.17, 15) is 4.79 Å². The topological polar surface area (TPSA) is 64.7 Å². The van der Waals surface area contributed by atoms with E-state index >= 15 is 0 Å². The number of benzene rings is 2. The molecule has 4 aromatic rings. The number of aromatic nitrogens is 4. The lowest BCUT2D eigenvalue weighted by Crippen LogP contribution is -2.27. The van der Waals surface area contributed by atoms with Gasteiger partial charge < -0.3 is 14.5 Å². The summed E-state index contributed by atoms with van der Waals surface area (Å²) in [6, 6.07) is 16.2. The molecule has 1 amide bonds. The van der Waals surface area contributed by atoms with Gasteiger partial charge in [-0.1, -0.05) is 36.0 Å². The molecule has 6 nitrogen and oxygen atoms in total. The smallest absolute Gasteiger partial charge is 0.230 e. The van der Waals surface area contributed by atoms with Crippen LogP contribution in [-0.2, 0) is 17.9 Å². The zero-order chi connectivity index (χ0) is 20.2. The van der Waals surface area contributed by atoms with Gasteiger partial charge in [-0.3, -0.25) is 4.79 Å². The molecule has 7 heteroatoms. The highest BCUT2D eigenvalue weighted by atomic mass is 32.2. The van der Waals surface area contributed by atoms with Crippen molar-refractivity contribution < 1.29 is 4.79 Å². The van der Waals surface area contributed by atoms with Gasteiger partial charge in [0.2, 0.25) is 5.91 Å². The van der Waals surface area contributed by atoms with Gasteiger partial charge in [-0.25, -0.2) is 9.97 Å². The number of amides is 1. The molecule has 0 saturated heterocycles. The molecule has 0 fully saturated rings. The van der Waals surface area contributed by atoms with E-state index in [2.05, 4.69) is 43.5 Å². The molecule has 0 aliphatic heterocycles. The highest BCUT2D eigenvalue weighted by Crippen LogP contribution is 2.23. The Balaban J connectivity index is 1.28. The number of para-hydroxylation sites is 4. The number of aryl methyl sites for hydroxylation is 3. The molecule has 0 bridgehead atoms. The number of nitrogens with zero attached hydrogens (tertiary/aromatic N) is 4. The van der Waals surface area contributed by atoms with Gasteiger partial charge in [-0.2, -0.15) is 0 Å². The number of hydrogen-bond donors (Lipinski definition) is 1. The third-order valence-electron chi connectivity index (χ3n) is 4.99. The molecule has 0 aliphatic carbocycles. The minimum atomic E-state index is 0.0388. The number of thioether (sulfide) groups is 1. The Kier molecular flexibility index (Phi) is 5.85. The Morgan fingerprint density at radius 1 is 1.00 bits per heavy atom. The van der Waals surface area contributed by atoms with Crippen molar-refractivity contribution in [3.05, 3.63) is 54.4 Å². The molecule has 2 heterocycles. The molecule has 0 saturated carbocycles. The molecule has 150 valence electrons. The number of carbonyl (C=O) groups is 1. The van der Waals surface area contributed by atoms with Gasteiger partial charge in [-0.05, 0) is 44.5 Å². The molecule has 0 atom stereocenters. The second-order valence-electron chi connectivity index (χ2n) is 6.92. The maximum Gasteiger partial charge on any atom is 0.230 e. The van der Waals surface area contributed by atoms with Gasteiger partial charge in [0.05, 0.1) is 27.8 Å². The average Bonchev–Trinajstić information content (AvgIpc) is 3.26.